The Labute approximate surface area is 227 Å². The first-order valence-corrected chi connectivity index (χ1v) is 13.0. The highest BCUT2D eigenvalue weighted by Gasteiger charge is 2.43. The van der Waals surface area contributed by atoms with Crippen molar-refractivity contribution < 1.29 is 14.3 Å². The minimum atomic E-state index is -0.706. The van der Waals surface area contributed by atoms with E-state index in [1.54, 1.807) is 11.8 Å². The molecule has 0 bridgehead atoms. The van der Waals surface area contributed by atoms with Crippen molar-refractivity contribution in [2.45, 2.75) is 25.6 Å². The molecule has 0 aliphatic carbocycles. The Hall–Kier alpha value is -4.84. The highest BCUT2D eigenvalue weighted by molar-refractivity contribution is 6.05. The van der Waals surface area contributed by atoms with E-state index < -0.39 is 6.04 Å². The average Bonchev–Trinajstić information content (AvgIpc) is 3.46. The van der Waals surface area contributed by atoms with Gasteiger partial charge in [-0.2, -0.15) is 0 Å². The Morgan fingerprint density at radius 3 is 2.36 bits per heavy atom. The molecule has 194 valence electrons. The van der Waals surface area contributed by atoms with Crippen LogP contribution in [0.5, 0.6) is 5.75 Å². The minimum Gasteiger partial charge on any atom is -0.489 e. The molecule has 2 amide bonds. The highest BCUT2D eigenvalue weighted by Crippen LogP contribution is 2.42. The second-order valence-electron chi connectivity index (χ2n) is 9.88. The SMILES string of the molecule is CC(C(=O)Nc1ccc(OCc2ccccc2)cc1)N1C(=O)c2ccccc2C1c1cn(C)c2ccccc12. The highest BCUT2D eigenvalue weighted by atomic mass is 16.5. The van der Waals surface area contributed by atoms with Crippen LogP contribution in [0.1, 0.15) is 40.0 Å². The van der Waals surface area contributed by atoms with E-state index in [0.717, 1.165) is 27.6 Å². The number of hydrogen-bond acceptors (Lipinski definition) is 3. The van der Waals surface area contributed by atoms with Gasteiger partial charge in [0.1, 0.15) is 18.4 Å². The van der Waals surface area contributed by atoms with Crippen molar-refractivity contribution in [3.8, 4) is 5.75 Å². The molecular formula is C33H29N3O3. The van der Waals surface area contributed by atoms with Crippen LogP contribution in [0.4, 0.5) is 5.69 Å². The van der Waals surface area contributed by atoms with Gasteiger partial charge in [0.15, 0.2) is 0 Å². The molecule has 2 unspecified atom stereocenters. The summed E-state index contributed by atoms with van der Waals surface area (Å²) in [5.74, 6) is 0.321. The summed E-state index contributed by atoms with van der Waals surface area (Å²) < 4.78 is 7.93. The zero-order valence-corrected chi connectivity index (χ0v) is 21.9. The van der Waals surface area contributed by atoms with Crippen LogP contribution >= 0.6 is 0 Å². The van der Waals surface area contributed by atoms with Gasteiger partial charge in [-0.15, -0.1) is 0 Å². The van der Waals surface area contributed by atoms with Crippen molar-refractivity contribution >= 4 is 28.4 Å². The molecule has 6 nitrogen and oxygen atoms in total. The van der Waals surface area contributed by atoms with Crippen LogP contribution in [-0.4, -0.2) is 27.3 Å². The standard InChI is InChI=1S/C33H29N3O3/c1-22(32(37)34-24-16-18-25(19-17-24)39-21-23-10-4-3-5-11-23)36-31(27-13-6-7-14-28(27)33(36)38)29-20-35(2)30-15-9-8-12-26(29)30/h3-20,22,31H,21H2,1-2H3,(H,34,37). The predicted molar refractivity (Wildman–Crippen MR) is 153 cm³/mol. The number of rotatable bonds is 7. The van der Waals surface area contributed by atoms with Gasteiger partial charge < -0.3 is 19.5 Å². The van der Waals surface area contributed by atoms with Gasteiger partial charge >= 0.3 is 0 Å². The minimum absolute atomic E-state index is 0.143. The van der Waals surface area contributed by atoms with Crippen LogP contribution in [0.25, 0.3) is 10.9 Å². The third kappa shape index (κ3) is 4.55. The number of carbonyl (C=O) groups is 2. The number of ether oxygens (including phenoxy) is 1. The first kappa shape index (κ1) is 24.5. The quantitative estimate of drug-likeness (QED) is 0.276. The molecule has 6 heteroatoms. The number of aryl methyl sites for hydroxylation is 1. The molecule has 1 N–H and O–H groups in total. The molecule has 2 atom stereocenters. The van der Waals surface area contributed by atoms with Crippen LogP contribution in [-0.2, 0) is 18.4 Å². The van der Waals surface area contributed by atoms with Gasteiger partial charge in [0, 0.05) is 41.0 Å². The number of carbonyl (C=O) groups excluding carboxylic acids is 2. The molecule has 6 rings (SSSR count). The molecular weight excluding hydrogens is 486 g/mol. The molecule has 5 aromatic rings. The second-order valence-corrected chi connectivity index (χ2v) is 9.88. The molecule has 2 heterocycles. The lowest BCUT2D eigenvalue weighted by molar-refractivity contribution is -0.120. The van der Waals surface area contributed by atoms with E-state index in [4.69, 9.17) is 4.74 Å². The van der Waals surface area contributed by atoms with E-state index in [2.05, 4.69) is 28.2 Å². The van der Waals surface area contributed by atoms with Crippen LogP contribution in [0.3, 0.4) is 0 Å². The largest absolute Gasteiger partial charge is 0.489 e. The van der Waals surface area contributed by atoms with E-state index in [1.807, 2.05) is 98.0 Å². The number of para-hydroxylation sites is 1. The lowest BCUT2D eigenvalue weighted by Crippen LogP contribution is -2.44. The summed E-state index contributed by atoms with van der Waals surface area (Å²) in [7, 11) is 2.00. The average molecular weight is 516 g/mol. The number of nitrogens with zero attached hydrogens (tertiary/aromatic N) is 2. The van der Waals surface area contributed by atoms with Crippen molar-refractivity contribution in [3.05, 3.63) is 132 Å². The van der Waals surface area contributed by atoms with Crippen LogP contribution in [0, 0.1) is 0 Å². The van der Waals surface area contributed by atoms with E-state index in [1.165, 1.54) is 0 Å². The number of aromatic nitrogens is 1. The Kier molecular flexibility index (Phi) is 6.37. The third-order valence-corrected chi connectivity index (χ3v) is 7.39. The van der Waals surface area contributed by atoms with Crippen molar-refractivity contribution in [1.82, 2.24) is 9.47 Å². The lowest BCUT2D eigenvalue weighted by Gasteiger charge is -2.30. The van der Waals surface area contributed by atoms with Gasteiger partial charge in [-0.3, -0.25) is 9.59 Å². The molecule has 39 heavy (non-hydrogen) atoms. The zero-order valence-electron chi connectivity index (χ0n) is 21.9. The maximum Gasteiger partial charge on any atom is 0.255 e. The third-order valence-electron chi connectivity index (χ3n) is 7.39. The smallest absolute Gasteiger partial charge is 0.255 e. The Morgan fingerprint density at radius 1 is 0.872 bits per heavy atom. The summed E-state index contributed by atoms with van der Waals surface area (Å²) in [5.41, 5.74) is 5.36. The van der Waals surface area contributed by atoms with Gasteiger partial charge in [0.25, 0.3) is 5.91 Å². The fourth-order valence-corrected chi connectivity index (χ4v) is 5.39. The zero-order chi connectivity index (χ0) is 26.9. The predicted octanol–water partition coefficient (Wildman–Crippen LogP) is 6.33. The Bertz CT molecular complexity index is 1660. The molecule has 1 aliphatic rings. The Morgan fingerprint density at radius 2 is 1.56 bits per heavy atom. The second kappa shape index (κ2) is 10.1. The molecule has 4 aromatic carbocycles. The summed E-state index contributed by atoms with van der Waals surface area (Å²) >= 11 is 0. The lowest BCUT2D eigenvalue weighted by atomic mass is 9.97. The molecule has 0 saturated heterocycles. The maximum atomic E-state index is 13.7. The normalized spacial score (nSPS) is 15.3. The van der Waals surface area contributed by atoms with E-state index in [9.17, 15) is 9.59 Å². The number of hydrogen-bond donors (Lipinski definition) is 1. The van der Waals surface area contributed by atoms with Gasteiger partial charge in [-0.25, -0.2) is 0 Å². The maximum absolute atomic E-state index is 13.7. The van der Waals surface area contributed by atoms with Crippen molar-refractivity contribution in [2.24, 2.45) is 7.05 Å². The molecule has 1 aliphatic heterocycles. The number of nitrogens with one attached hydrogen (secondary N) is 1. The fraction of sp³-hybridized carbons (Fsp3) is 0.152. The van der Waals surface area contributed by atoms with Gasteiger partial charge in [0.2, 0.25) is 5.91 Å². The van der Waals surface area contributed by atoms with E-state index >= 15 is 0 Å². The van der Waals surface area contributed by atoms with Crippen LogP contribution in [0.2, 0.25) is 0 Å². The number of benzene rings is 4. The van der Waals surface area contributed by atoms with Gasteiger partial charge in [-0.05, 0) is 54.4 Å². The summed E-state index contributed by atoms with van der Waals surface area (Å²) in [6.45, 7) is 2.26. The summed E-state index contributed by atoms with van der Waals surface area (Å²) in [4.78, 5) is 28.9. The summed E-state index contributed by atoms with van der Waals surface area (Å²) in [6, 6.07) is 32.0. The number of anilines is 1. The molecule has 0 saturated carbocycles. The van der Waals surface area contributed by atoms with Gasteiger partial charge in [0.05, 0.1) is 6.04 Å². The number of amides is 2. The van der Waals surface area contributed by atoms with Crippen LogP contribution in [0.15, 0.2) is 109 Å². The van der Waals surface area contributed by atoms with Gasteiger partial charge in [-0.1, -0.05) is 66.7 Å². The first-order valence-electron chi connectivity index (χ1n) is 13.0. The molecule has 0 fully saturated rings. The number of fused-ring (bicyclic) bond motifs is 2. The molecule has 0 radical (unpaired) electrons. The topological polar surface area (TPSA) is 63.6 Å². The summed E-state index contributed by atoms with van der Waals surface area (Å²) in [6.07, 6.45) is 2.07. The van der Waals surface area contributed by atoms with Crippen molar-refractivity contribution in [1.29, 1.82) is 0 Å². The van der Waals surface area contributed by atoms with E-state index in [0.29, 0.717) is 23.6 Å². The van der Waals surface area contributed by atoms with Crippen molar-refractivity contribution in [2.75, 3.05) is 5.32 Å². The summed E-state index contributed by atoms with van der Waals surface area (Å²) in [5, 5.41) is 4.06. The Balaban J connectivity index is 1.24. The van der Waals surface area contributed by atoms with Crippen LogP contribution < -0.4 is 10.1 Å². The van der Waals surface area contributed by atoms with Crippen molar-refractivity contribution in [3.63, 3.8) is 0 Å². The molecule has 1 aromatic heterocycles. The first-order chi connectivity index (χ1) is 19.0. The molecule has 0 spiro atoms. The monoisotopic (exact) mass is 515 g/mol. The fourth-order valence-electron chi connectivity index (χ4n) is 5.39. The van der Waals surface area contributed by atoms with E-state index in [-0.39, 0.29) is 17.9 Å².